The maximum atomic E-state index is 11.4. The summed E-state index contributed by atoms with van der Waals surface area (Å²) in [4.78, 5) is 10.9. The van der Waals surface area contributed by atoms with Gasteiger partial charge in [-0.25, -0.2) is 18.2 Å². The molecule has 1 heterocycles. The van der Waals surface area contributed by atoms with E-state index >= 15 is 0 Å². The van der Waals surface area contributed by atoms with Crippen LogP contribution in [-0.2, 0) is 10.0 Å². The minimum absolute atomic E-state index is 0.0409. The molecule has 0 saturated carbocycles. The maximum Gasteiger partial charge on any atom is 0.269 e. The van der Waals surface area contributed by atoms with Crippen molar-refractivity contribution in [1.29, 1.82) is 0 Å². The predicted octanol–water partition coefficient (Wildman–Crippen LogP) is -0.381. The smallest absolute Gasteiger partial charge is 0.269 e. The number of hydrogen-bond acceptors (Lipinski definition) is 4. The topological polar surface area (TPSA) is 121 Å². The van der Waals surface area contributed by atoms with Crippen molar-refractivity contribution >= 4 is 15.9 Å². The number of benzene rings is 1. The lowest BCUT2D eigenvalue weighted by Crippen LogP contribution is -2.16. The number of sulfonamides is 1. The number of carbonyl (C=O) groups is 1. The molecule has 1 aromatic carbocycles. The second kappa shape index (κ2) is 4.24. The lowest BCUT2D eigenvalue weighted by Gasteiger charge is -2.06. The number of para-hydroxylation sites is 1. The molecule has 0 spiro atoms. The quantitative estimate of drug-likeness (QED) is 0.786. The van der Waals surface area contributed by atoms with Crippen molar-refractivity contribution in [3.63, 3.8) is 0 Å². The molecule has 2 rings (SSSR count). The summed E-state index contributed by atoms with van der Waals surface area (Å²) in [5.74, 6) is -0.693. The van der Waals surface area contributed by atoms with Gasteiger partial charge in [0.15, 0.2) is 0 Å². The molecule has 4 N–H and O–H groups in total. The van der Waals surface area contributed by atoms with Crippen molar-refractivity contribution in [2.24, 2.45) is 10.9 Å². The Morgan fingerprint density at radius 2 is 1.89 bits per heavy atom. The van der Waals surface area contributed by atoms with Crippen LogP contribution in [0.25, 0.3) is 5.69 Å². The first kappa shape index (κ1) is 12.3. The fourth-order valence-corrected chi connectivity index (χ4v) is 2.20. The summed E-state index contributed by atoms with van der Waals surface area (Å²) in [6, 6.07) is 7.45. The molecule has 0 atom stereocenters. The maximum absolute atomic E-state index is 11.4. The third-order valence-corrected chi connectivity index (χ3v) is 3.22. The number of carbonyl (C=O) groups excluding carboxylic acids is 1. The first-order valence-electron chi connectivity index (χ1n) is 4.87. The number of nitrogens with zero attached hydrogens (tertiary/aromatic N) is 2. The van der Waals surface area contributed by atoms with Crippen molar-refractivity contribution in [2.45, 2.75) is 4.90 Å². The summed E-state index contributed by atoms with van der Waals surface area (Å²) >= 11 is 0. The molecule has 1 amide bonds. The molecule has 8 heteroatoms. The van der Waals surface area contributed by atoms with E-state index in [1.54, 1.807) is 12.1 Å². The third-order valence-electron chi connectivity index (χ3n) is 2.26. The van der Waals surface area contributed by atoms with E-state index in [1.165, 1.54) is 29.1 Å². The summed E-state index contributed by atoms with van der Waals surface area (Å²) in [6.45, 7) is 0. The number of rotatable bonds is 3. The summed E-state index contributed by atoms with van der Waals surface area (Å²) in [5.41, 5.74) is 5.37. The highest BCUT2D eigenvalue weighted by Crippen LogP contribution is 2.17. The van der Waals surface area contributed by atoms with Crippen LogP contribution in [0.2, 0.25) is 0 Å². The van der Waals surface area contributed by atoms with E-state index in [1.807, 2.05) is 0 Å². The number of primary amides is 1. The van der Waals surface area contributed by atoms with Crippen LogP contribution in [0, 0.1) is 0 Å². The molecule has 18 heavy (non-hydrogen) atoms. The van der Waals surface area contributed by atoms with Crippen molar-refractivity contribution < 1.29 is 13.2 Å². The fraction of sp³-hybridized carbons (Fsp3) is 0. The number of nitrogens with two attached hydrogens (primary N) is 2. The standard InChI is InChI=1S/C10H10N4O3S/c11-10(15)7-5-6-14(13-7)8-3-1-2-4-9(8)18(12,16)17/h1-6H,(H2,11,15)(H2,12,16,17). The molecule has 1 aromatic heterocycles. The van der Waals surface area contributed by atoms with Gasteiger partial charge in [0.05, 0.1) is 5.69 Å². The molecular formula is C10H10N4O3S. The highest BCUT2D eigenvalue weighted by molar-refractivity contribution is 7.89. The summed E-state index contributed by atoms with van der Waals surface area (Å²) in [5, 5.41) is 8.98. The molecule has 0 aliphatic carbocycles. The third kappa shape index (κ3) is 2.24. The van der Waals surface area contributed by atoms with Gasteiger partial charge in [-0.15, -0.1) is 0 Å². The zero-order valence-electron chi connectivity index (χ0n) is 9.15. The van der Waals surface area contributed by atoms with Gasteiger partial charge in [0.2, 0.25) is 10.0 Å². The molecule has 0 fully saturated rings. The molecule has 0 radical (unpaired) electrons. The Morgan fingerprint density at radius 1 is 1.22 bits per heavy atom. The van der Waals surface area contributed by atoms with Gasteiger partial charge in [-0.05, 0) is 18.2 Å². The predicted molar refractivity (Wildman–Crippen MR) is 63.5 cm³/mol. The van der Waals surface area contributed by atoms with E-state index < -0.39 is 15.9 Å². The average Bonchev–Trinajstić information content (AvgIpc) is 2.77. The van der Waals surface area contributed by atoms with Crippen LogP contribution >= 0.6 is 0 Å². The van der Waals surface area contributed by atoms with Gasteiger partial charge in [0, 0.05) is 6.20 Å². The van der Waals surface area contributed by atoms with Gasteiger partial charge in [-0.3, -0.25) is 4.79 Å². The van der Waals surface area contributed by atoms with Crippen molar-refractivity contribution in [2.75, 3.05) is 0 Å². The van der Waals surface area contributed by atoms with Crippen molar-refractivity contribution in [3.8, 4) is 5.69 Å². The molecular weight excluding hydrogens is 256 g/mol. The van der Waals surface area contributed by atoms with Gasteiger partial charge >= 0.3 is 0 Å². The largest absolute Gasteiger partial charge is 0.364 e. The fourth-order valence-electron chi connectivity index (χ4n) is 1.48. The Labute approximate surface area is 103 Å². The molecule has 0 bridgehead atoms. The second-order valence-electron chi connectivity index (χ2n) is 3.52. The van der Waals surface area contributed by atoms with E-state index in [9.17, 15) is 13.2 Å². The Balaban J connectivity index is 2.61. The summed E-state index contributed by atoms with van der Waals surface area (Å²) < 4.78 is 24.1. The van der Waals surface area contributed by atoms with E-state index in [0.717, 1.165) is 0 Å². The Morgan fingerprint density at radius 3 is 2.44 bits per heavy atom. The lowest BCUT2D eigenvalue weighted by molar-refractivity contribution is 0.0995. The van der Waals surface area contributed by atoms with Crippen LogP contribution < -0.4 is 10.9 Å². The lowest BCUT2D eigenvalue weighted by atomic mass is 10.3. The van der Waals surface area contributed by atoms with Crippen molar-refractivity contribution in [3.05, 3.63) is 42.2 Å². The van der Waals surface area contributed by atoms with Gasteiger partial charge in [-0.1, -0.05) is 12.1 Å². The number of amides is 1. The van der Waals surface area contributed by atoms with Crippen LogP contribution in [-0.4, -0.2) is 24.1 Å². The Hall–Kier alpha value is -2.19. The minimum Gasteiger partial charge on any atom is -0.364 e. The highest BCUT2D eigenvalue weighted by Gasteiger charge is 2.16. The second-order valence-corrected chi connectivity index (χ2v) is 5.05. The van der Waals surface area contributed by atoms with Crippen LogP contribution in [0.5, 0.6) is 0 Å². The number of hydrogen-bond donors (Lipinski definition) is 2. The number of primary sulfonamides is 1. The van der Waals surface area contributed by atoms with E-state index in [-0.39, 0.29) is 16.3 Å². The first-order chi connectivity index (χ1) is 8.39. The van der Waals surface area contributed by atoms with Gasteiger partial charge in [0.1, 0.15) is 10.6 Å². The Bertz CT molecular complexity index is 705. The summed E-state index contributed by atoms with van der Waals surface area (Å²) in [7, 11) is -3.87. The van der Waals surface area contributed by atoms with E-state index in [2.05, 4.69) is 5.10 Å². The zero-order chi connectivity index (χ0) is 13.3. The first-order valence-corrected chi connectivity index (χ1v) is 6.42. The van der Waals surface area contributed by atoms with Gasteiger partial charge in [-0.2, -0.15) is 5.10 Å². The average molecular weight is 266 g/mol. The summed E-state index contributed by atoms with van der Waals surface area (Å²) in [6.07, 6.45) is 1.43. The highest BCUT2D eigenvalue weighted by atomic mass is 32.2. The molecule has 94 valence electrons. The normalized spacial score (nSPS) is 11.4. The monoisotopic (exact) mass is 266 g/mol. The minimum atomic E-state index is -3.87. The molecule has 0 saturated heterocycles. The van der Waals surface area contributed by atoms with Crippen LogP contribution in [0.15, 0.2) is 41.4 Å². The number of aromatic nitrogens is 2. The van der Waals surface area contributed by atoms with Crippen LogP contribution in [0.1, 0.15) is 10.5 Å². The van der Waals surface area contributed by atoms with Crippen molar-refractivity contribution in [1.82, 2.24) is 9.78 Å². The van der Waals surface area contributed by atoms with Gasteiger partial charge in [0.25, 0.3) is 5.91 Å². The molecule has 0 aliphatic rings. The zero-order valence-corrected chi connectivity index (χ0v) is 9.96. The SMILES string of the molecule is NC(=O)c1ccn(-c2ccccc2S(N)(=O)=O)n1. The Kier molecular flexibility index (Phi) is 2.89. The molecule has 2 aromatic rings. The van der Waals surface area contributed by atoms with Crippen LogP contribution in [0.4, 0.5) is 0 Å². The van der Waals surface area contributed by atoms with Crippen LogP contribution in [0.3, 0.4) is 0 Å². The van der Waals surface area contributed by atoms with E-state index in [0.29, 0.717) is 0 Å². The molecule has 0 unspecified atom stereocenters. The molecule has 0 aliphatic heterocycles. The van der Waals surface area contributed by atoms with Gasteiger partial charge < -0.3 is 5.73 Å². The molecule has 7 nitrogen and oxygen atoms in total. The van der Waals surface area contributed by atoms with E-state index in [4.69, 9.17) is 10.9 Å².